The predicted octanol–water partition coefficient (Wildman–Crippen LogP) is 4.15. The van der Waals surface area contributed by atoms with E-state index in [0.717, 1.165) is 24.0 Å². The number of nitro groups is 1. The summed E-state index contributed by atoms with van der Waals surface area (Å²) in [6, 6.07) is 6.67. The molecule has 1 amide bonds. The molecule has 0 aromatic heterocycles. The zero-order valence-electron chi connectivity index (χ0n) is 19.0. The summed E-state index contributed by atoms with van der Waals surface area (Å²) in [5.41, 5.74) is 4.83. The third kappa shape index (κ3) is 10.5. The van der Waals surface area contributed by atoms with E-state index in [0.29, 0.717) is 4.90 Å². The highest BCUT2D eigenvalue weighted by Gasteiger charge is 2.21. The molecule has 3 rings (SSSR count). The fourth-order valence-corrected chi connectivity index (χ4v) is 5.10. The number of hydrogen-bond acceptors (Lipinski definition) is 7. The highest BCUT2D eigenvalue weighted by atomic mass is 32.2. The Balaban J connectivity index is 0.000000254. The SMILES string of the molecule is C1CCC(NC2CCCCC2)CC1.NC(=O)CCC(NSc1ccccc1[N+](=O)[O-])C(=O)O. The van der Waals surface area contributed by atoms with Gasteiger partial charge in [0.15, 0.2) is 0 Å². The molecule has 2 fully saturated rings. The Hall–Kier alpha value is -2.17. The third-order valence-electron chi connectivity index (χ3n) is 6.03. The summed E-state index contributed by atoms with van der Waals surface area (Å²) < 4.78 is 2.59. The summed E-state index contributed by atoms with van der Waals surface area (Å²) in [4.78, 5) is 32.2. The first-order valence-corrected chi connectivity index (χ1v) is 12.6. The van der Waals surface area contributed by atoms with Gasteiger partial charge in [0.05, 0.1) is 4.92 Å². The lowest BCUT2D eigenvalue weighted by atomic mass is 9.91. The molecule has 1 aromatic carbocycles. The Kier molecular flexibility index (Phi) is 12.2. The van der Waals surface area contributed by atoms with Gasteiger partial charge in [0.2, 0.25) is 5.91 Å². The number of rotatable bonds is 10. The number of nitro benzene ring substituents is 1. The number of carboxylic acid groups (broad SMARTS) is 1. The fourth-order valence-electron chi connectivity index (χ4n) is 4.22. The highest BCUT2D eigenvalue weighted by Crippen LogP contribution is 2.27. The summed E-state index contributed by atoms with van der Waals surface area (Å²) >= 11 is 0.839. The van der Waals surface area contributed by atoms with Crippen molar-refractivity contribution in [1.82, 2.24) is 10.0 Å². The molecule has 2 aliphatic rings. The first kappa shape index (κ1) is 27.1. The number of amides is 1. The van der Waals surface area contributed by atoms with E-state index >= 15 is 0 Å². The van der Waals surface area contributed by atoms with Crippen LogP contribution in [-0.4, -0.2) is 40.0 Å². The Labute approximate surface area is 199 Å². The van der Waals surface area contributed by atoms with Crippen LogP contribution in [0.25, 0.3) is 0 Å². The van der Waals surface area contributed by atoms with Gasteiger partial charge in [-0.15, -0.1) is 0 Å². The third-order valence-corrected chi connectivity index (χ3v) is 7.00. The van der Waals surface area contributed by atoms with Crippen LogP contribution in [0.3, 0.4) is 0 Å². The number of carbonyl (C=O) groups excluding carboxylic acids is 1. The molecule has 33 heavy (non-hydrogen) atoms. The molecule has 9 nitrogen and oxygen atoms in total. The molecule has 0 bridgehead atoms. The molecule has 0 heterocycles. The van der Waals surface area contributed by atoms with Gasteiger partial charge in [0.1, 0.15) is 10.9 Å². The molecule has 0 saturated heterocycles. The fraction of sp³-hybridized carbons (Fsp3) is 0.652. The lowest BCUT2D eigenvalue weighted by Crippen LogP contribution is -2.40. The Morgan fingerprint density at radius 2 is 1.61 bits per heavy atom. The molecular formula is C23H36N4O5S. The van der Waals surface area contributed by atoms with Crippen molar-refractivity contribution in [2.75, 3.05) is 0 Å². The highest BCUT2D eigenvalue weighted by molar-refractivity contribution is 7.97. The lowest BCUT2D eigenvalue weighted by molar-refractivity contribution is -0.387. The van der Waals surface area contributed by atoms with E-state index in [1.807, 2.05) is 0 Å². The number of nitrogens with one attached hydrogen (secondary N) is 2. The standard InChI is InChI=1S/C12H23N.C11H13N3O5S/c1-3-7-11(8-4-1)13-12-9-5-2-6-10-12;12-10(15)6-5-7(11(16)17)13-20-9-4-2-1-3-8(9)14(18)19/h11-13H,1-10H2;1-4,7,13H,5-6H2,(H2,12,15)(H,16,17). The van der Waals surface area contributed by atoms with Crippen molar-refractivity contribution in [2.24, 2.45) is 5.73 Å². The number of para-hydroxylation sites is 1. The quantitative estimate of drug-likeness (QED) is 0.222. The lowest BCUT2D eigenvalue weighted by Gasteiger charge is -2.30. The number of carbonyl (C=O) groups is 2. The van der Waals surface area contributed by atoms with Crippen molar-refractivity contribution >= 4 is 29.5 Å². The monoisotopic (exact) mass is 480 g/mol. The Morgan fingerprint density at radius 1 is 1.06 bits per heavy atom. The summed E-state index contributed by atoms with van der Waals surface area (Å²) in [7, 11) is 0. The van der Waals surface area contributed by atoms with E-state index in [1.54, 1.807) is 6.07 Å². The Bertz CT molecular complexity index is 751. The van der Waals surface area contributed by atoms with Gasteiger partial charge in [-0.1, -0.05) is 50.7 Å². The summed E-state index contributed by atoms with van der Waals surface area (Å²) in [5.74, 6) is -1.76. The van der Waals surface area contributed by atoms with Crippen LogP contribution in [0.1, 0.15) is 77.0 Å². The Morgan fingerprint density at radius 3 is 2.09 bits per heavy atom. The maximum atomic E-state index is 11.0. The average molecular weight is 481 g/mol. The number of nitrogens with two attached hydrogens (primary N) is 1. The van der Waals surface area contributed by atoms with Gasteiger partial charge in [-0.05, 0) is 50.1 Å². The first-order valence-electron chi connectivity index (χ1n) is 11.8. The molecular weight excluding hydrogens is 444 g/mol. The van der Waals surface area contributed by atoms with Crippen LogP contribution < -0.4 is 15.8 Å². The topological polar surface area (TPSA) is 148 Å². The number of benzene rings is 1. The molecule has 0 radical (unpaired) electrons. The molecule has 10 heteroatoms. The number of nitrogens with zero attached hydrogens (tertiary/aromatic N) is 1. The molecule has 1 atom stereocenters. The van der Waals surface area contributed by atoms with Crippen molar-refractivity contribution in [3.8, 4) is 0 Å². The van der Waals surface area contributed by atoms with E-state index in [1.165, 1.54) is 82.4 Å². The largest absolute Gasteiger partial charge is 0.480 e. The minimum Gasteiger partial charge on any atom is -0.480 e. The summed E-state index contributed by atoms with van der Waals surface area (Å²) in [6.45, 7) is 0. The molecule has 184 valence electrons. The zero-order chi connectivity index (χ0) is 24.1. The molecule has 1 aromatic rings. The van der Waals surface area contributed by atoms with Gasteiger partial charge in [0, 0.05) is 24.6 Å². The van der Waals surface area contributed by atoms with Crippen molar-refractivity contribution in [1.29, 1.82) is 0 Å². The summed E-state index contributed by atoms with van der Waals surface area (Å²) in [5, 5.41) is 23.6. The maximum absolute atomic E-state index is 11.0. The predicted molar refractivity (Wildman–Crippen MR) is 129 cm³/mol. The van der Waals surface area contributed by atoms with Crippen LogP contribution in [0.15, 0.2) is 29.2 Å². The number of hydrogen-bond donors (Lipinski definition) is 4. The zero-order valence-corrected chi connectivity index (χ0v) is 19.9. The van der Waals surface area contributed by atoms with E-state index < -0.39 is 22.8 Å². The molecule has 0 spiro atoms. The second-order valence-electron chi connectivity index (χ2n) is 8.68. The van der Waals surface area contributed by atoms with Gasteiger partial charge in [-0.2, -0.15) is 0 Å². The molecule has 5 N–H and O–H groups in total. The van der Waals surface area contributed by atoms with Gasteiger partial charge in [-0.3, -0.25) is 19.7 Å². The van der Waals surface area contributed by atoms with Crippen LogP contribution in [0.5, 0.6) is 0 Å². The van der Waals surface area contributed by atoms with Crippen LogP contribution in [0.4, 0.5) is 5.69 Å². The van der Waals surface area contributed by atoms with Crippen LogP contribution >= 0.6 is 11.9 Å². The van der Waals surface area contributed by atoms with Gasteiger partial charge in [0.25, 0.3) is 5.69 Å². The second kappa shape index (κ2) is 14.9. The van der Waals surface area contributed by atoms with Crippen molar-refractivity contribution in [2.45, 2.75) is 100 Å². The normalized spacial score (nSPS) is 18.1. The van der Waals surface area contributed by atoms with Crippen LogP contribution in [-0.2, 0) is 9.59 Å². The van der Waals surface area contributed by atoms with Crippen LogP contribution in [0, 0.1) is 10.1 Å². The summed E-state index contributed by atoms with van der Waals surface area (Å²) in [6.07, 6.45) is 14.5. The van der Waals surface area contributed by atoms with Crippen molar-refractivity contribution in [3.05, 3.63) is 34.4 Å². The van der Waals surface area contributed by atoms with Crippen molar-refractivity contribution in [3.63, 3.8) is 0 Å². The second-order valence-corrected chi connectivity index (χ2v) is 9.56. The van der Waals surface area contributed by atoms with E-state index in [-0.39, 0.29) is 18.5 Å². The first-order chi connectivity index (χ1) is 15.9. The molecule has 0 aliphatic heterocycles. The maximum Gasteiger partial charge on any atom is 0.321 e. The smallest absolute Gasteiger partial charge is 0.321 e. The van der Waals surface area contributed by atoms with E-state index in [4.69, 9.17) is 10.8 Å². The van der Waals surface area contributed by atoms with Crippen LogP contribution in [0.2, 0.25) is 0 Å². The minimum absolute atomic E-state index is 0.0122. The van der Waals surface area contributed by atoms with Gasteiger partial charge in [-0.25, -0.2) is 4.72 Å². The van der Waals surface area contributed by atoms with Crippen molar-refractivity contribution < 1.29 is 19.6 Å². The minimum atomic E-state index is -1.16. The van der Waals surface area contributed by atoms with Gasteiger partial charge >= 0.3 is 5.97 Å². The number of primary amides is 1. The number of aliphatic carboxylic acids is 1. The van der Waals surface area contributed by atoms with E-state index in [9.17, 15) is 19.7 Å². The average Bonchev–Trinajstić information content (AvgIpc) is 2.80. The molecule has 2 saturated carbocycles. The number of carboxylic acids is 1. The molecule has 2 aliphatic carbocycles. The van der Waals surface area contributed by atoms with E-state index in [2.05, 4.69) is 10.0 Å². The van der Waals surface area contributed by atoms with Gasteiger partial charge < -0.3 is 16.2 Å². The molecule has 1 unspecified atom stereocenters.